The molecule has 3 N–H and O–H groups in total. The molecule has 0 aliphatic carbocycles. The molecule has 9 heteroatoms. The monoisotopic (exact) mass is 442 g/mol. The molecule has 0 radical (unpaired) electrons. The molecule has 24 heavy (non-hydrogen) atoms. The van der Waals surface area contributed by atoms with Gasteiger partial charge in [0.05, 0.1) is 0 Å². The van der Waals surface area contributed by atoms with Crippen molar-refractivity contribution in [1.82, 2.24) is 24.9 Å². The Morgan fingerprint density at radius 1 is 1.54 bits per heavy atom. The van der Waals surface area contributed by atoms with Gasteiger partial charge in [-0.15, -0.1) is 40.8 Å². The van der Waals surface area contributed by atoms with Crippen LogP contribution in [0.2, 0.25) is 0 Å². The smallest absolute Gasteiger partial charge is 0.203 e. The second-order valence-corrected chi connectivity index (χ2v) is 5.66. The van der Waals surface area contributed by atoms with Crippen LogP contribution in [0.1, 0.15) is 12.8 Å². The van der Waals surface area contributed by atoms with Gasteiger partial charge in [0.15, 0.2) is 11.8 Å². The van der Waals surface area contributed by atoms with Crippen LogP contribution in [-0.2, 0) is 0 Å². The number of nitrogens with zero attached hydrogens (tertiary/aromatic N) is 6. The standard InChI is InChI=1S/C15H22N8.HI/c1-2-5-18-15(16)19-9-12-4-3-7-22(10-12)13-14-21-20-11-23(14)8-6-17-13;/h2,6,8,11-12H,1,3-5,7,9-10H2,(H3,16,18,19);1H. The number of aliphatic imine (C=N–C) groups is 1. The molecule has 0 spiro atoms. The maximum atomic E-state index is 5.83. The molecule has 1 aliphatic heterocycles. The molecule has 1 atom stereocenters. The number of hydrogen-bond acceptors (Lipinski definition) is 5. The summed E-state index contributed by atoms with van der Waals surface area (Å²) in [6.07, 6.45) is 9.34. The van der Waals surface area contributed by atoms with Crippen molar-refractivity contribution < 1.29 is 0 Å². The van der Waals surface area contributed by atoms with Gasteiger partial charge in [0.25, 0.3) is 0 Å². The zero-order chi connectivity index (χ0) is 16.1. The van der Waals surface area contributed by atoms with Crippen molar-refractivity contribution in [2.24, 2.45) is 16.6 Å². The van der Waals surface area contributed by atoms with Crippen molar-refractivity contribution in [3.8, 4) is 0 Å². The van der Waals surface area contributed by atoms with Crippen LogP contribution in [0.25, 0.3) is 5.65 Å². The van der Waals surface area contributed by atoms with Gasteiger partial charge in [0.2, 0.25) is 5.65 Å². The molecule has 0 bridgehead atoms. The van der Waals surface area contributed by atoms with E-state index < -0.39 is 0 Å². The minimum absolute atomic E-state index is 0. The first kappa shape index (κ1) is 18.4. The summed E-state index contributed by atoms with van der Waals surface area (Å²) >= 11 is 0. The lowest BCUT2D eigenvalue weighted by Gasteiger charge is -2.32. The van der Waals surface area contributed by atoms with E-state index in [2.05, 4.69) is 37.0 Å². The van der Waals surface area contributed by atoms with Gasteiger partial charge >= 0.3 is 0 Å². The summed E-state index contributed by atoms with van der Waals surface area (Å²) in [6.45, 7) is 6.86. The van der Waals surface area contributed by atoms with Crippen molar-refractivity contribution in [2.75, 3.05) is 31.1 Å². The Balaban J connectivity index is 0.00000208. The van der Waals surface area contributed by atoms with Crippen LogP contribution in [-0.4, -0.2) is 51.7 Å². The van der Waals surface area contributed by atoms with Gasteiger partial charge in [-0.2, -0.15) is 0 Å². The van der Waals surface area contributed by atoms with Crippen molar-refractivity contribution in [3.63, 3.8) is 0 Å². The number of hydrogen-bond donors (Lipinski definition) is 2. The average Bonchev–Trinajstić information content (AvgIpc) is 3.07. The summed E-state index contributed by atoms with van der Waals surface area (Å²) in [5.74, 6) is 1.81. The largest absolute Gasteiger partial charge is 0.370 e. The molecule has 1 saturated heterocycles. The first-order chi connectivity index (χ1) is 11.3. The second-order valence-electron chi connectivity index (χ2n) is 5.66. The highest BCUT2D eigenvalue weighted by Gasteiger charge is 2.23. The number of nitrogens with two attached hydrogens (primary N) is 1. The first-order valence-electron chi connectivity index (χ1n) is 7.82. The average molecular weight is 442 g/mol. The predicted octanol–water partition coefficient (Wildman–Crippen LogP) is 1.05. The Hall–Kier alpha value is -1.91. The van der Waals surface area contributed by atoms with Crippen molar-refractivity contribution >= 4 is 41.4 Å². The van der Waals surface area contributed by atoms with Gasteiger partial charge in [0, 0.05) is 38.6 Å². The third-order valence-electron chi connectivity index (χ3n) is 3.96. The fourth-order valence-corrected chi connectivity index (χ4v) is 2.83. The van der Waals surface area contributed by atoms with Gasteiger partial charge < -0.3 is 16.0 Å². The fraction of sp³-hybridized carbons (Fsp3) is 0.467. The van der Waals surface area contributed by atoms with E-state index in [1.165, 1.54) is 0 Å². The molecule has 1 aliphatic rings. The lowest BCUT2D eigenvalue weighted by Crippen LogP contribution is -2.38. The van der Waals surface area contributed by atoms with E-state index >= 15 is 0 Å². The number of piperidine rings is 1. The zero-order valence-corrected chi connectivity index (χ0v) is 15.8. The highest BCUT2D eigenvalue weighted by Crippen LogP contribution is 2.24. The molecule has 3 heterocycles. The van der Waals surface area contributed by atoms with E-state index in [0.717, 1.165) is 37.4 Å². The van der Waals surface area contributed by atoms with E-state index in [0.29, 0.717) is 25.0 Å². The van der Waals surface area contributed by atoms with Gasteiger partial charge in [-0.25, -0.2) is 4.98 Å². The summed E-state index contributed by atoms with van der Waals surface area (Å²) in [7, 11) is 0. The molecular weight excluding hydrogens is 419 g/mol. The highest BCUT2D eigenvalue weighted by molar-refractivity contribution is 14.0. The van der Waals surface area contributed by atoms with E-state index in [1.54, 1.807) is 18.6 Å². The van der Waals surface area contributed by atoms with E-state index in [9.17, 15) is 0 Å². The maximum absolute atomic E-state index is 5.83. The SMILES string of the molecule is C=CCNC(N)=NCC1CCCN(c2nccn3cnnc23)C1.I. The summed E-state index contributed by atoms with van der Waals surface area (Å²) in [5.41, 5.74) is 6.62. The number of fused-ring (bicyclic) bond motifs is 1. The molecule has 2 aromatic heterocycles. The third kappa shape index (κ3) is 4.34. The van der Waals surface area contributed by atoms with Crippen molar-refractivity contribution in [2.45, 2.75) is 12.8 Å². The molecule has 130 valence electrons. The highest BCUT2D eigenvalue weighted by atomic mass is 127. The second kappa shape index (κ2) is 8.81. The summed E-state index contributed by atoms with van der Waals surface area (Å²) in [5, 5.41) is 11.1. The number of halogens is 1. The Morgan fingerprint density at radius 3 is 3.25 bits per heavy atom. The summed E-state index contributed by atoms with van der Waals surface area (Å²) in [4.78, 5) is 11.2. The lowest BCUT2D eigenvalue weighted by molar-refractivity contribution is 0.422. The molecule has 0 aromatic carbocycles. The van der Waals surface area contributed by atoms with E-state index in [1.807, 2.05) is 10.6 Å². The number of anilines is 1. The molecule has 2 aromatic rings. The molecule has 1 fully saturated rings. The molecule has 1 unspecified atom stereocenters. The van der Waals surface area contributed by atoms with Gasteiger partial charge in [-0.3, -0.25) is 9.39 Å². The van der Waals surface area contributed by atoms with Crippen molar-refractivity contribution in [3.05, 3.63) is 31.4 Å². The van der Waals surface area contributed by atoms with Crippen LogP contribution in [0.15, 0.2) is 36.4 Å². The van der Waals surface area contributed by atoms with Gasteiger partial charge in [0.1, 0.15) is 6.33 Å². The maximum Gasteiger partial charge on any atom is 0.203 e. The van der Waals surface area contributed by atoms with Crippen LogP contribution >= 0.6 is 24.0 Å². The number of rotatable bonds is 5. The quantitative estimate of drug-likeness (QED) is 0.311. The van der Waals surface area contributed by atoms with Gasteiger partial charge in [-0.1, -0.05) is 6.08 Å². The lowest BCUT2D eigenvalue weighted by atomic mass is 9.98. The summed E-state index contributed by atoms with van der Waals surface area (Å²) < 4.78 is 1.89. The van der Waals surface area contributed by atoms with Crippen LogP contribution in [0.4, 0.5) is 5.82 Å². The normalized spacial score (nSPS) is 18.2. The fourth-order valence-electron chi connectivity index (χ4n) is 2.83. The minimum Gasteiger partial charge on any atom is -0.370 e. The Morgan fingerprint density at radius 2 is 2.42 bits per heavy atom. The van der Waals surface area contributed by atoms with Crippen molar-refractivity contribution in [1.29, 1.82) is 0 Å². The molecule has 3 rings (SSSR count). The van der Waals surface area contributed by atoms with Crippen LogP contribution in [0, 0.1) is 5.92 Å². The Kier molecular flexibility index (Phi) is 6.76. The molecule has 0 amide bonds. The minimum atomic E-state index is 0. The van der Waals surface area contributed by atoms with E-state index in [-0.39, 0.29) is 24.0 Å². The Bertz CT molecular complexity index is 698. The third-order valence-corrected chi connectivity index (χ3v) is 3.96. The molecule has 8 nitrogen and oxygen atoms in total. The topological polar surface area (TPSA) is 96.7 Å². The van der Waals surface area contributed by atoms with E-state index in [4.69, 9.17) is 5.73 Å². The predicted molar refractivity (Wildman–Crippen MR) is 106 cm³/mol. The van der Waals surface area contributed by atoms with Gasteiger partial charge in [-0.05, 0) is 18.8 Å². The van der Waals surface area contributed by atoms with Crippen LogP contribution < -0.4 is 16.0 Å². The molecular formula is C15H23IN8. The number of nitrogens with one attached hydrogen (secondary N) is 1. The van der Waals surface area contributed by atoms with Crippen LogP contribution in [0.3, 0.4) is 0 Å². The Labute approximate surface area is 158 Å². The van der Waals surface area contributed by atoms with Crippen LogP contribution in [0.5, 0.6) is 0 Å². The first-order valence-corrected chi connectivity index (χ1v) is 7.82. The molecule has 0 saturated carbocycles. The number of aromatic nitrogens is 4. The summed E-state index contributed by atoms with van der Waals surface area (Å²) in [6, 6.07) is 0. The zero-order valence-electron chi connectivity index (χ0n) is 13.5. The number of guanidine groups is 1.